The lowest BCUT2D eigenvalue weighted by atomic mass is 10.1. The summed E-state index contributed by atoms with van der Waals surface area (Å²) < 4.78 is 4.81. The minimum absolute atomic E-state index is 0.281. The van der Waals surface area contributed by atoms with Gasteiger partial charge in [0.2, 0.25) is 0 Å². The van der Waals surface area contributed by atoms with Crippen LogP contribution in [0.4, 0.5) is 0 Å². The summed E-state index contributed by atoms with van der Waals surface area (Å²) in [6.07, 6.45) is 0. The standard InChI is InChI=1S/C11H11NO3/c1-2-15-11(14)10-4-3-8(6-12)5-9(10)7-13/h3-5,13H,2,7H2,1H3. The Balaban J connectivity index is 3.08. The van der Waals surface area contributed by atoms with Crippen molar-refractivity contribution in [2.45, 2.75) is 13.5 Å². The van der Waals surface area contributed by atoms with Crippen molar-refractivity contribution in [2.24, 2.45) is 0 Å². The van der Waals surface area contributed by atoms with Gasteiger partial charge >= 0.3 is 5.97 Å². The number of aliphatic hydroxyl groups is 1. The number of carbonyl (C=O) groups excluding carboxylic acids is 1. The van der Waals surface area contributed by atoms with Crippen molar-refractivity contribution in [3.05, 3.63) is 34.9 Å². The van der Waals surface area contributed by atoms with Crippen molar-refractivity contribution in [3.63, 3.8) is 0 Å². The Morgan fingerprint density at radius 3 is 2.87 bits per heavy atom. The number of rotatable bonds is 3. The lowest BCUT2D eigenvalue weighted by Crippen LogP contribution is -2.08. The molecule has 1 aromatic carbocycles. The second-order valence-corrected chi connectivity index (χ2v) is 2.86. The number of nitriles is 1. The Hall–Kier alpha value is -1.86. The maximum Gasteiger partial charge on any atom is 0.338 e. The van der Waals surface area contributed by atoms with E-state index in [0.717, 1.165) is 0 Å². The van der Waals surface area contributed by atoms with Gasteiger partial charge in [-0.3, -0.25) is 0 Å². The molecule has 0 unspecified atom stereocenters. The largest absolute Gasteiger partial charge is 0.462 e. The average Bonchev–Trinajstić information content (AvgIpc) is 2.28. The van der Waals surface area contributed by atoms with Crippen molar-refractivity contribution in [1.29, 1.82) is 5.26 Å². The van der Waals surface area contributed by atoms with Crippen LogP contribution in [0.3, 0.4) is 0 Å². The molecule has 78 valence electrons. The Morgan fingerprint density at radius 2 is 2.33 bits per heavy atom. The Bertz CT molecular complexity index is 407. The van der Waals surface area contributed by atoms with E-state index in [2.05, 4.69) is 0 Å². The molecule has 0 fully saturated rings. The molecule has 0 aromatic heterocycles. The normalized spacial score (nSPS) is 9.40. The number of hydrogen-bond acceptors (Lipinski definition) is 4. The van der Waals surface area contributed by atoms with Crippen molar-refractivity contribution >= 4 is 5.97 Å². The van der Waals surface area contributed by atoms with Crippen LogP contribution in [0.1, 0.15) is 28.4 Å². The average molecular weight is 205 g/mol. The molecule has 0 heterocycles. The fourth-order valence-electron chi connectivity index (χ4n) is 1.20. The van der Waals surface area contributed by atoms with Gasteiger partial charge in [0.25, 0.3) is 0 Å². The summed E-state index contributed by atoms with van der Waals surface area (Å²) in [7, 11) is 0. The number of esters is 1. The van der Waals surface area contributed by atoms with Crippen LogP contribution in [0, 0.1) is 11.3 Å². The van der Waals surface area contributed by atoms with E-state index in [1.54, 1.807) is 6.92 Å². The van der Waals surface area contributed by atoms with Crippen LogP contribution < -0.4 is 0 Å². The first kappa shape index (κ1) is 11.2. The molecule has 0 aliphatic carbocycles. The predicted molar refractivity (Wildman–Crippen MR) is 53.0 cm³/mol. The molecule has 0 aliphatic heterocycles. The smallest absolute Gasteiger partial charge is 0.338 e. The van der Waals surface area contributed by atoms with E-state index >= 15 is 0 Å². The zero-order chi connectivity index (χ0) is 11.3. The van der Waals surface area contributed by atoms with Crippen molar-refractivity contribution in [3.8, 4) is 6.07 Å². The quantitative estimate of drug-likeness (QED) is 0.753. The maximum atomic E-state index is 11.4. The Kier molecular flexibility index (Phi) is 3.83. The second kappa shape index (κ2) is 5.13. The highest BCUT2D eigenvalue weighted by Gasteiger charge is 2.12. The van der Waals surface area contributed by atoms with Crippen molar-refractivity contribution < 1.29 is 14.6 Å². The molecule has 4 heteroatoms. The molecule has 1 N–H and O–H groups in total. The highest BCUT2D eigenvalue weighted by atomic mass is 16.5. The maximum absolute atomic E-state index is 11.4. The van der Waals surface area contributed by atoms with Gasteiger partial charge in [-0.15, -0.1) is 0 Å². The first-order valence-electron chi connectivity index (χ1n) is 4.54. The monoisotopic (exact) mass is 205 g/mol. The van der Waals surface area contributed by atoms with Gasteiger partial charge in [0.05, 0.1) is 30.4 Å². The minimum Gasteiger partial charge on any atom is -0.462 e. The van der Waals surface area contributed by atoms with Gasteiger partial charge in [-0.25, -0.2) is 4.79 Å². The number of aliphatic hydroxyl groups excluding tert-OH is 1. The summed E-state index contributed by atoms with van der Waals surface area (Å²) in [4.78, 5) is 11.4. The van der Waals surface area contributed by atoms with Gasteiger partial charge in [0, 0.05) is 0 Å². The third-order valence-corrected chi connectivity index (χ3v) is 1.90. The molecule has 0 aliphatic rings. The second-order valence-electron chi connectivity index (χ2n) is 2.86. The van der Waals surface area contributed by atoms with Gasteiger partial charge in [0.15, 0.2) is 0 Å². The molecular formula is C11H11NO3. The van der Waals surface area contributed by atoms with Gasteiger partial charge in [0.1, 0.15) is 0 Å². The van der Waals surface area contributed by atoms with E-state index in [1.807, 2.05) is 6.07 Å². The van der Waals surface area contributed by atoms with Crippen LogP contribution in [0.15, 0.2) is 18.2 Å². The van der Waals surface area contributed by atoms with E-state index in [0.29, 0.717) is 16.7 Å². The summed E-state index contributed by atoms with van der Waals surface area (Å²) in [5.74, 6) is -0.481. The molecule has 0 saturated carbocycles. The van der Waals surface area contributed by atoms with Gasteiger partial charge in [-0.1, -0.05) is 0 Å². The first-order valence-corrected chi connectivity index (χ1v) is 4.54. The SMILES string of the molecule is CCOC(=O)c1ccc(C#N)cc1CO. The third kappa shape index (κ3) is 2.55. The summed E-state index contributed by atoms with van der Waals surface area (Å²) >= 11 is 0. The van der Waals surface area contributed by atoms with Crippen LogP contribution >= 0.6 is 0 Å². The summed E-state index contributed by atoms with van der Waals surface area (Å²) in [5.41, 5.74) is 1.12. The Labute approximate surface area is 87.7 Å². The molecule has 0 radical (unpaired) electrons. The van der Waals surface area contributed by atoms with E-state index in [-0.39, 0.29) is 13.2 Å². The zero-order valence-corrected chi connectivity index (χ0v) is 8.36. The number of benzene rings is 1. The number of carbonyl (C=O) groups is 1. The Morgan fingerprint density at radius 1 is 1.60 bits per heavy atom. The lowest BCUT2D eigenvalue weighted by molar-refractivity contribution is 0.0523. The van der Waals surface area contributed by atoms with E-state index in [4.69, 9.17) is 15.1 Å². The number of nitrogens with zero attached hydrogens (tertiary/aromatic N) is 1. The topological polar surface area (TPSA) is 70.3 Å². The molecule has 0 spiro atoms. The van der Waals surface area contributed by atoms with Gasteiger partial charge < -0.3 is 9.84 Å². The van der Waals surface area contributed by atoms with Crippen LogP contribution in [0.2, 0.25) is 0 Å². The molecular weight excluding hydrogens is 194 g/mol. The summed E-state index contributed by atoms with van der Waals surface area (Å²) in [5, 5.41) is 17.7. The molecule has 0 saturated heterocycles. The highest BCUT2D eigenvalue weighted by Crippen LogP contribution is 2.13. The fourth-order valence-corrected chi connectivity index (χ4v) is 1.20. The number of ether oxygens (including phenoxy) is 1. The van der Waals surface area contributed by atoms with Crippen LogP contribution in [0.25, 0.3) is 0 Å². The molecule has 0 atom stereocenters. The van der Waals surface area contributed by atoms with E-state index in [1.165, 1.54) is 18.2 Å². The highest BCUT2D eigenvalue weighted by molar-refractivity contribution is 5.91. The molecule has 0 amide bonds. The third-order valence-electron chi connectivity index (χ3n) is 1.90. The summed E-state index contributed by atoms with van der Waals surface area (Å²) in [6, 6.07) is 6.42. The van der Waals surface area contributed by atoms with Crippen LogP contribution in [0.5, 0.6) is 0 Å². The molecule has 1 rings (SSSR count). The first-order chi connectivity index (χ1) is 7.22. The summed E-state index contributed by atoms with van der Waals surface area (Å²) in [6.45, 7) is 1.70. The van der Waals surface area contributed by atoms with E-state index in [9.17, 15) is 4.79 Å². The van der Waals surface area contributed by atoms with Crippen LogP contribution in [-0.4, -0.2) is 17.7 Å². The molecule has 15 heavy (non-hydrogen) atoms. The van der Waals surface area contributed by atoms with Gasteiger partial charge in [-0.2, -0.15) is 5.26 Å². The molecule has 0 bridgehead atoms. The van der Waals surface area contributed by atoms with Crippen LogP contribution in [-0.2, 0) is 11.3 Å². The number of hydrogen-bond donors (Lipinski definition) is 1. The van der Waals surface area contributed by atoms with Gasteiger partial charge in [-0.05, 0) is 30.7 Å². The van der Waals surface area contributed by atoms with Crippen molar-refractivity contribution in [2.75, 3.05) is 6.61 Å². The lowest BCUT2D eigenvalue weighted by Gasteiger charge is -2.06. The zero-order valence-electron chi connectivity index (χ0n) is 8.36. The van der Waals surface area contributed by atoms with Crippen molar-refractivity contribution in [1.82, 2.24) is 0 Å². The predicted octanol–water partition coefficient (Wildman–Crippen LogP) is 1.23. The molecule has 4 nitrogen and oxygen atoms in total. The van der Waals surface area contributed by atoms with E-state index < -0.39 is 5.97 Å². The molecule has 1 aromatic rings. The fraction of sp³-hybridized carbons (Fsp3) is 0.273. The minimum atomic E-state index is -0.481.